The molecule has 2 aromatic heterocycles. The third kappa shape index (κ3) is 2.76. The van der Waals surface area contributed by atoms with Gasteiger partial charge in [0.25, 0.3) is 0 Å². The van der Waals surface area contributed by atoms with E-state index in [1.54, 1.807) is 18.4 Å². The largest absolute Gasteiger partial charge is 0.481 e. The second kappa shape index (κ2) is 5.40. The van der Waals surface area contributed by atoms with Crippen LogP contribution in [0.1, 0.15) is 6.42 Å². The van der Waals surface area contributed by atoms with E-state index in [0.29, 0.717) is 11.9 Å². The molecule has 0 bridgehead atoms. The van der Waals surface area contributed by atoms with Crippen molar-refractivity contribution in [3.63, 3.8) is 0 Å². The molecule has 0 amide bonds. The van der Waals surface area contributed by atoms with Gasteiger partial charge in [0.05, 0.1) is 7.11 Å². The maximum absolute atomic E-state index is 5.09. The van der Waals surface area contributed by atoms with Crippen molar-refractivity contribution in [2.45, 2.75) is 12.5 Å². The fourth-order valence-electron chi connectivity index (χ4n) is 2.16. The number of methoxy groups -OCH3 is 1. The van der Waals surface area contributed by atoms with Crippen molar-refractivity contribution in [2.75, 3.05) is 30.4 Å². The maximum Gasteiger partial charge on any atom is 0.218 e. The molecule has 1 aliphatic rings. The van der Waals surface area contributed by atoms with Crippen molar-refractivity contribution in [3.8, 4) is 5.88 Å². The zero-order valence-corrected chi connectivity index (χ0v) is 11.4. The zero-order chi connectivity index (χ0) is 13.1. The summed E-state index contributed by atoms with van der Waals surface area (Å²) < 4.78 is 5.09. The number of thiazole rings is 1. The van der Waals surface area contributed by atoms with Crippen LogP contribution in [0.2, 0.25) is 0 Å². The number of hydrogen-bond acceptors (Lipinski definition) is 7. The molecule has 1 N–H and O–H groups in total. The van der Waals surface area contributed by atoms with Crippen molar-refractivity contribution in [2.24, 2.45) is 0 Å². The van der Waals surface area contributed by atoms with Crippen LogP contribution in [0.15, 0.2) is 24.0 Å². The highest BCUT2D eigenvalue weighted by molar-refractivity contribution is 7.13. The van der Waals surface area contributed by atoms with Crippen molar-refractivity contribution < 1.29 is 4.74 Å². The first-order chi connectivity index (χ1) is 9.35. The Morgan fingerprint density at radius 1 is 1.42 bits per heavy atom. The summed E-state index contributed by atoms with van der Waals surface area (Å²) in [6.07, 6.45) is 4.43. The van der Waals surface area contributed by atoms with Crippen molar-refractivity contribution in [3.05, 3.63) is 24.0 Å². The van der Waals surface area contributed by atoms with Gasteiger partial charge in [0.1, 0.15) is 12.1 Å². The highest BCUT2D eigenvalue weighted by Gasteiger charge is 2.24. The molecule has 3 heterocycles. The van der Waals surface area contributed by atoms with Gasteiger partial charge >= 0.3 is 0 Å². The first-order valence-corrected chi connectivity index (χ1v) is 7.00. The van der Waals surface area contributed by atoms with E-state index in [1.165, 1.54) is 6.33 Å². The van der Waals surface area contributed by atoms with Crippen molar-refractivity contribution >= 4 is 22.3 Å². The first-order valence-electron chi connectivity index (χ1n) is 6.12. The molecule has 1 aliphatic heterocycles. The molecule has 0 aliphatic carbocycles. The van der Waals surface area contributed by atoms with Crippen molar-refractivity contribution in [1.82, 2.24) is 15.0 Å². The Morgan fingerprint density at radius 3 is 3.16 bits per heavy atom. The van der Waals surface area contributed by atoms with E-state index in [-0.39, 0.29) is 0 Å². The Kier molecular flexibility index (Phi) is 3.45. The van der Waals surface area contributed by atoms with Crippen LogP contribution in [0.4, 0.5) is 10.9 Å². The van der Waals surface area contributed by atoms with Crippen molar-refractivity contribution in [1.29, 1.82) is 0 Å². The highest BCUT2D eigenvalue weighted by atomic mass is 32.1. The van der Waals surface area contributed by atoms with Gasteiger partial charge in [0.2, 0.25) is 5.88 Å². The standard InChI is InChI=1S/C12H15N5OS/c1-18-11-6-10(14-8-15-11)16-9-2-4-17(7-9)12-13-3-5-19-12/h3,5-6,8-9H,2,4,7H2,1H3,(H,14,15,16). The van der Waals surface area contributed by atoms with E-state index in [9.17, 15) is 0 Å². The Balaban J connectivity index is 1.62. The normalized spacial score (nSPS) is 18.6. The van der Waals surface area contributed by atoms with Gasteiger partial charge in [-0.05, 0) is 6.42 Å². The van der Waals surface area contributed by atoms with Gasteiger partial charge in [-0.2, -0.15) is 0 Å². The number of hydrogen-bond donors (Lipinski definition) is 1. The molecule has 6 nitrogen and oxygen atoms in total. The van der Waals surface area contributed by atoms with E-state index in [0.717, 1.165) is 30.5 Å². The monoisotopic (exact) mass is 277 g/mol. The molecule has 1 atom stereocenters. The summed E-state index contributed by atoms with van der Waals surface area (Å²) in [6, 6.07) is 2.19. The number of nitrogens with one attached hydrogen (secondary N) is 1. The molecule has 1 unspecified atom stereocenters. The lowest BCUT2D eigenvalue weighted by Gasteiger charge is -2.16. The molecule has 0 radical (unpaired) electrons. The molecule has 3 rings (SSSR count). The number of ether oxygens (including phenoxy) is 1. The summed E-state index contributed by atoms with van der Waals surface area (Å²) in [4.78, 5) is 14.8. The molecule has 0 aromatic carbocycles. The average Bonchev–Trinajstić information content (AvgIpc) is 3.09. The minimum atomic E-state index is 0.378. The van der Waals surface area contributed by atoms with Gasteiger partial charge in [-0.15, -0.1) is 11.3 Å². The second-order valence-electron chi connectivity index (χ2n) is 4.34. The summed E-state index contributed by atoms with van der Waals surface area (Å²) in [5, 5.41) is 6.50. The van der Waals surface area contributed by atoms with Crippen LogP contribution in [-0.2, 0) is 0 Å². The summed E-state index contributed by atoms with van der Waals surface area (Å²) in [6.45, 7) is 1.97. The van der Waals surface area contributed by atoms with Gasteiger partial charge in [0.15, 0.2) is 5.13 Å². The van der Waals surface area contributed by atoms with Crippen LogP contribution in [-0.4, -0.2) is 41.2 Å². The van der Waals surface area contributed by atoms with Gasteiger partial charge in [-0.3, -0.25) is 0 Å². The number of anilines is 2. The third-order valence-electron chi connectivity index (χ3n) is 3.08. The average molecular weight is 277 g/mol. The molecule has 1 fully saturated rings. The van der Waals surface area contributed by atoms with E-state index >= 15 is 0 Å². The summed E-state index contributed by atoms with van der Waals surface area (Å²) >= 11 is 1.68. The molecule has 7 heteroatoms. The molecular formula is C12H15N5OS. The minimum absolute atomic E-state index is 0.378. The maximum atomic E-state index is 5.09. The molecule has 2 aromatic rings. The Hall–Kier alpha value is -1.89. The lowest BCUT2D eigenvalue weighted by Crippen LogP contribution is -2.26. The Labute approximate surface area is 115 Å². The van der Waals surface area contributed by atoms with E-state index < -0.39 is 0 Å². The highest BCUT2D eigenvalue weighted by Crippen LogP contribution is 2.24. The molecule has 100 valence electrons. The first kappa shape index (κ1) is 12.2. The van der Waals surface area contributed by atoms with Gasteiger partial charge < -0.3 is 15.0 Å². The third-order valence-corrected chi connectivity index (χ3v) is 3.91. The van der Waals surface area contributed by atoms with Gasteiger partial charge in [-0.25, -0.2) is 15.0 Å². The summed E-state index contributed by atoms with van der Waals surface area (Å²) in [5.74, 6) is 1.38. The van der Waals surface area contributed by atoms with Gasteiger partial charge in [-0.1, -0.05) is 0 Å². The number of aromatic nitrogens is 3. The number of rotatable bonds is 4. The molecule has 1 saturated heterocycles. The fourth-order valence-corrected chi connectivity index (χ4v) is 2.84. The second-order valence-corrected chi connectivity index (χ2v) is 5.21. The van der Waals surface area contributed by atoms with Crippen LogP contribution in [0, 0.1) is 0 Å². The number of nitrogens with zero attached hydrogens (tertiary/aromatic N) is 4. The van der Waals surface area contributed by atoms with Gasteiger partial charge in [0, 0.05) is 36.8 Å². The Bertz CT molecular complexity index is 533. The molecule has 0 saturated carbocycles. The zero-order valence-electron chi connectivity index (χ0n) is 10.6. The van der Waals surface area contributed by atoms with E-state index in [2.05, 4.69) is 25.2 Å². The molecule has 19 heavy (non-hydrogen) atoms. The van der Waals surface area contributed by atoms with E-state index in [4.69, 9.17) is 4.74 Å². The Morgan fingerprint density at radius 2 is 2.37 bits per heavy atom. The van der Waals surface area contributed by atoms with Crippen LogP contribution >= 0.6 is 11.3 Å². The van der Waals surface area contributed by atoms with E-state index in [1.807, 2.05) is 17.6 Å². The molecular weight excluding hydrogens is 262 g/mol. The predicted molar refractivity (Wildman–Crippen MR) is 74.9 cm³/mol. The van der Waals surface area contributed by atoms with Crippen LogP contribution in [0.25, 0.3) is 0 Å². The lowest BCUT2D eigenvalue weighted by molar-refractivity contribution is 0.397. The lowest BCUT2D eigenvalue weighted by atomic mass is 10.2. The smallest absolute Gasteiger partial charge is 0.218 e. The van der Waals surface area contributed by atoms with Crippen LogP contribution in [0.5, 0.6) is 5.88 Å². The SMILES string of the molecule is COc1cc(NC2CCN(c3nccs3)C2)ncn1. The predicted octanol–water partition coefficient (Wildman–Crippen LogP) is 1.63. The summed E-state index contributed by atoms with van der Waals surface area (Å²) in [7, 11) is 1.60. The fraction of sp³-hybridized carbons (Fsp3) is 0.417. The minimum Gasteiger partial charge on any atom is -0.481 e. The quantitative estimate of drug-likeness (QED) is 0.916. The molecule has 0 spiro atoms. The van der Waals surface area contributed by atoms with Crippen LogP contribution in [0.3, 0.4) is 0 Å². The van der Waals surface area contributed by atoms with Crippen LogP contribution < -0.4 is 15.0 Å². The summed E-state index contributed by atoms with van der Waals surface area (Å²) in [5.41, 5.74) is 0. The topological polar surface area (TPSA) is 63.2 Å².